The van der Waals surface area contributed by atoms with E-state index in [2.05, 4.69) is 37.6 Å². The zero-order valence-electron chi connectivity index (χ0n) is 14.6. The van der Waals surface area contributed by atoms with E-state index >= 15 is 0 Å². The molecular weight excluding hydrogens is 348 g/mol. The van der Waals surface area contributed by atoms with Crippen molar-refractivity contribution in [2.75, 3.05) is 13.1 Å². The number of aryl methyl sites for hydroxylation is 1. The number of hydrogen-bond acceptors (Lipinski definition) is 6. The van der Waals surface area contributed by atoms with E-state index < -0.39 is 0 Å². The summed E-state index contributed by atoms with van der Waals surface area (Å²) in [5.41, 5.74) is 0.230. The minimum atomic E-state index is -0.0714. The molecule has 1 spiro atoms. The van der Waals surface area contributed by atoms with Crippen molar-refractivity contribution in [2.24, 2.45) is 7.05 Å². The summed E-state index contributed by atoms with van der Waals surface area (Å²) in [6.45, 7) is 3.67. The molecule has 0 bridgehead atoms. The van der Waals surface area contributed by atoms with Crippen molar-refractivity contribution >= 4 is 11.3 Å². The van der Waals surface area contributed by atoms with Gasteiger partial charge in [-0.3, -0.25) is 14.3 Å². The van der Waals surface area contributed by atoms with Crippen LogP contribution in [0.15, 0.2) is 34.7 Å². The Bertz CT molecular complexity index is 1010. The molecule has 0 N–H and O–H groups in total. The molecule has 8 heteroatoms. The van der Waals surface area contributed by atoms with E-state index in [9.17, 15) is 4.79 Å². The Morgan fingerprint density at radius 2 is 2.15 bits per heavy atom. The van der Waals surface area contributed by atoms with Crippen molar-refractivity contribution in [3.8, 4) is 11.5 Å². The predicted octanol–water partition coefficient (Wildman–Crippen LogP) is 1.65. The standard InChI is InChI=1S/C18H20N6OS/c1-22-9-6-19-15(22)14-16(25)24-8-5-18(17(24)21-20-14)4-7-23(12-18)11-13-3-2-10-26-13/h2-3,6,9-10H,4-5,7-8,11-12H2,1H3/t18-/m0/s1. The second-order valence-electron chi connectivity index (χ2n) is 7.26. The molecule has 1 fully saturated rings. The van der Waals surface area contributed by atoms with Gasteiger partial charge in [0.2, 0.25) is 0 Å². The average Bonchev–Trinajstić information content (AvgIpc) is 3.40. The first-order valence-electron chi connectivity index (χ1n) is 8.87. The van der Waals surface area contributed by atoms with Crippen LogP contribution in [0, 0.1) is 0 Å². The lowest BCUT2D eigenvalue weighted by Gasteiger charge is -2.22. The van der Waals surface area contributed by atoms with Gasteiger partial charge in [-0.25, -0.2) is 4.98 Å². The molecule has 0 aromatic carbocycles. The Morgan fingerprint density at radius 3 is 2.92 bits per heavy atom. The maximum atomic E-state index is 13.0. The van der Waals surface area contributed by atoms with Crippen molar-refractivity contribution in [2.45, 2.75) is 31.3 Å². The predicted molar refractivity (Wildman–Crippen MR) is 99.0 cm³/mol. The average molecular weight is 368 g/mol. The van der Waals surface area contributed by atoms with Crippen molar-refractivity contribution < 1.29 is 0 Å². The van der Waals surface area contributed by atoms with E-state index in [4.69, 9.17) is 0 Å². The van der Waals surface area contributed by atoms with Crippen LogP contribution in [0.5, 0.6) is 0 Å². The minimum Gasteiger partial charge on any atom is -0.333 e. The van der Waals surface area contributed by atoms with Gasteiger partial charge in [0.15, 0.2) is 11.5 Å². The summed E-state index contributed by atoms with van der Waals surface area (Å²) in [5, 5.41) is 10.9. The summed E-state index contributed by atoms with van der Waals surface area (Å²) in [7, 11) is 1.86. The highest BCUT2D eigenvalue weighted by Gasteiger charge is 2.47. The van der Waals surface area contributed by atoms with Crippen LogP contribution in [0.3, 0.4) is 0 Å². The summed E-state index contributed by atoms with van der Waals surface area (Å²) in [4.78, 5) is 21.1. The van der Waals surface area contributed by atoms with Gasteiger partial charge in [0, 0.05) is 49.4 Å². The monoisotopic (exact) mass is 368 g/mol. The molecule has 5 rings (SSSR count). The van der Waals surface area contributed by atoms with Gasteiger partial charge >= 0.3 is 0 Å². The summed E-state index contributed by atoms with van der Waals surface area (Å²) in [6.07, 6.45) is 5.49. The van der Waals surface area contributed by atoms with Crippen LogP contribution < -0.4 is 5.56 Å². The Labute approximate surface area is 154 Å². The van der Waals surface area contributed by atoms with Crippen LogP contribution in [0.4, 0.5) is 0 Å². The number of nitrogens with zero attached hydrogens (tertiary/aromatic N) is 6. The maximum absolute atomic E-state index is 13.0. The highest BCUT2D eigenvalue weighted by atomic mass is 32.1. The third-order valence-electron chi connectivity index (χ3n) is 5.66. The largest absolute Gasteiger partial charge is 0.333 e. The van der Waals surface area contributed by atoms with Crippen molar-refractivity contribution in [1.29, 1.82) is 0 Å². The van der Waals surface area contributed by atoms with E-state index in [0.717, 1.165) is 38.3 Å². The molecule has 1 saturated heterocycles. The van der Waals surface area contributed by atoms with Crippen molar-refractivity contribution in [3.05, 3.63) is 51.0 Å². The molecule has 2 aliphatic heterocycles. The first-order chi connectivity index (χ1) is 12.7. The van der Waals surface area contributed by atoms with Gasteiger partial charge in [-0.1, -0.05) is 6.07 Å². The lowest BCUT2D eigenvalue weighted by molar-refractivity contribution is 0.301. The zero-order valence-corrected chi connectivity index (χ0v) is 15.4. The third-order valence-corrected chi connectivity index (χ3v) is 6.52. The van der Waals surface area contributed by atoms with Crippen LogP contribution in [-0.2, 0) is 25.6 Å². The van der Waals surface area contributed by atoms with E-state index in [0.29, 0.717) is 18.1 Å². The topological polar surface area (TPSA) is 68.8 Å². The molecule has 26 heavy (non-hydrogen) atoms. The van der Waals surface area contributed by atoms with Crippen LogP contribution in [0.1, 0.15) is 23.5 Å². The van der Waals surface area contributed by atoms with Gasteiger partial charge in [0.1, 0.15) is 5.82 Å². The first-order valence-corrected chi connectivity index (χ1v) is 9.75. The highest BCUT2D eigenvalue weighted by molar-refractivity contribution is 7.09. The highest BCUT2D eigenvalue weighted by Crippen LogP contribution is 2.41. The Balaban J connectivity index is 1.47. The molecule has 0 unspecified atom stereocenters. The quantitative estimate of drug-likeness (QED) is 0.703. The van der Waals surface area contributed by atoms with E-state index in [-0.39, 0.29) is 11.0 Å². The molecular formula is C18H20N6OS. The Morgan fingerprint density at radius 1 is 1.27 bits per heavy atom. The minimum absolute atomic E-state index is 0.0381. The van der Waals surface area contributed by atoms with E-state index in [1.165, 1.54) is 4.88 Å². The van der Waals surface area contributed by atoms with Gasteiger partial charge in [-0.15, -0.1) is 21.5 Å². The lowest BCUT2D eigenvalue weighted by atomic mass is 9.85. The number of aromatic nitrogens is 5. The van der Waals surface area contributed by atoms with Crippen LogP contribution in [-0.4, -0.2) is 42.3 Å². The summed E-state index contributed by atoms with van der Waals surface area (Å²) in [5.74, 6) is 1.43. The van der Waals surface area contributed by atoms with Gasteiger partial charge in [0.05, 0.1) is 0 Å². The molecule has 0 saturated carbocycles. The molecule has 2 aliphatic rings. The SMILES string of the molecule is Cn1ccnc1-c1nnc2n(c1=O)CC[C@]21CCN(Cc2cccs2)C1. The molecule has 7 nitrogen and oxygen atoms in total. The van der Waals surface area contributed by atoms with Crippen LogP contribution >= 0.6 is 11.3 Å². The number of thiophene rings is 1. The second kappa shape index (κ2) is 5.85. The fraction of sp³-hybridized carbons (Fsp3) is 0.444. The van der Waals surface area contributed by atoms with Crippen molar-refractivity contribution in [3.63, 3.8) is 0 Å². The van der Waals surface area contributed by atoms with Gasteiger partial charge in [-0.05, 0) is 30.8 Å². The number of fused-ring (bicyclic) bond motifs is 2. The van der Waals surface area contributed by atoms with Crippen molar-refractivity contribution in [1.82, 2.24) is 29.2 Å². The van der Waals surface area contributed by atoms with E-state index in [1.807, 2.05) is 17.8 Å². The van der Waals surface area contributed by atoms with Crippen LogP contribution in [0.2, 0.25) is 0 Å². The number of hydrogen-bond donors (Lipinski definition) is 0. The fourth-order valence-electron chi connectivity index (χ4n) is 4.29. The van der Waals surface area contributed by atoms with Crippen LogP contribution in [0.25, 0.3) is 11.5 Å². The van der Waals surface area contributed by atoms with E-state index in [1.54, 1.807) is 22.1 Å². The zero-order chi connectivity index (χ0) is 17.7. The summed E-state index contributed by atoms with van der Waals surface area (Å²) < 4.78 is 3.63. The molecule has 3 aromatic rings. The third kappa shape index (κ3) is 2.36. The van der Waals surface area contributed by atoms with Gasteiger partial charge < -0.3 is 4.57 Å². The molecule has 134 valence electrons. The lowest BCUT2D eigenvalue weighted by Crippen LogP contribution is -2.33. The first kappa shape index (κ1) is 15.9. The number of likely N-dealkylation sites (tertiary alicyclic amines) is 1. The van der Waals surface area contributed by atoms with Gasteiger partial charge in [-0.2, -0.15) is 0 Å². The Kier molecular flexibility index (Phi) is 3.58. The molecule has 3 aromatic heterocycles. The Hall–Kier alpha value is -2.32. The van der Waals surface area contributed by atoms with Gasteiger partial charge in [0.25, 0.3) is 5.56 Å². The maximum Gasteiger partial charge on any atom is 0.283 e. The number of imidazole rings is 1. The summed E-state index contributed by atoms with van der Waals surface area (Å²) >= 11 is 1.80. The summed E-state index contributed by atoms with van der Waals surface area (Å²) in [6, 6.07) is 4.28. The normalized spacial score (nSPS) is 22.3. The number of rotatable bonds is 3. The molecule has 1 atom stereocenters. The smallest absolute Gasteiger partial charge is 0.283 e. The molecule has 0 radical (unpaired) electrons. The molecule has 0 amide bonds. The fourth-order valence-corrected chi connectivity index (χ4v) is 5.04. The molecule has 5 heterocycles. The molecule has 0 aliphatic carbocycles. The second-order valence-corrected chi connectivity index (χ2v) is 8.29.